The number of hydrogen-bond acceptors (Lipinski definition) is 2. The predicted octanol–water partition coefficient (Wildman–Crippen LogP) is 2.75. The highest BCUT2D eigenvalue weighted by molar-refractivity contribution is 9.10. The second-order valence-corrected chi connectivity index (χ2v) is 6.44. The van der Waals surface area contributed by atoms with E-state index < -0.39 is 0 Å². The molecule has 1 aromatic rings. The zero-order valence-corrected chi connectivity index (χ0v) is 14.1. The van der Waals surface area contributed by atoms with Crippen molar-refractivity contribution in [3.8, 4) is 0 Å². The fraction of sp³-hybridized carbons (Fsp3) is 0.500. The average molecular weight is 353 g/mol. The van der Waals surface area contributed by atoms with E-state index >= 15 is 0 Å². The Morgan fingerprint density at radius 1 is 1.33 bits per heavy atom. The van der Waals surface area contributed by atoms with Crippen molar-refractivity contribution in [1.29, 1.82) is 0 Å². The maximum absolute atomic E-state index is 12.6. The first-order valence-electron chi connectivity index (χ1n) is 7.28. The maximum atomic E-state index is 12.6. The van der Waals surface area contributed by atoms with Crippen molar-refractivity contribution in [2.45, 2.75) is 26.7 Å². The summed E-state index contributed by atoms with van der Waals surface area (Å²) in [4.78, 5) is 25.4. The highest BCUT2D eigenvalue weighted by Gasteiger charge is 2.24. The van der Waals surface area contributed by atoms with Gasteiger partial charge in [0.15, 0.2) is 0 Å². The Hall–Kier alpha value is -1.36. The van der Waals surface area contributed by atoms with E-state index in [0.29, 0.717) is 12.5 Å². The van der Waals surface area contributed by atoms with E-state index in [4.69, 9.17) is 0 Å². The van der Waals surface area contributed by atoms with Crippen LogP contribution in [0, 0.1) is 12.8 Å². The lowest BCUT2D eigenvalue weighted by molar-refractivity contribution is -0.119. The quantitative estimate of drug-likeness (QED) is 0.909. The van der Waals surface area contributed by atoms with Gasteiger partial charge in [-0.15, -0.1) is 0 Å². The van der Waals surface area contributed by atoms with E-state index in [-0.39, 0.29) is 11.8 Å². The molecule has 0 atom stereocenters. The summed E-state index contributed by atoms with van der Waals surface area (Å²) in [7, 11) is 0. The lowest BCUT2D eigenvalue weighted by Crippen LogP contribution is -2.41. The average Bonchev–Trinajstić information content (AvgIpc) is 2.48. The number of hydrogen-bond donors (Lipinski definition) is 1. The summed E-state index contributed by atoms with van der Waals surface area (Å²) < 4.78 is 0.967. The normalized spacial score (nSPS) is 15.9. The van der Waals surface area contributed by atoms with Gasteiger partial charge in [-0.05, 0) is 43.4 Å². The number of nitrogens with zero attached hydrogens (tertiary/aromatic N) is 1. The topological polar surface area (TPSA) is 49.4 Å². The first-order chi connectivity index (χ1) is 9.99. The van der Waals surface area contributed by atoms with E-state index in [1.165, 1.54) is 6.92 Å². The standard InChI is InChI=1S/C16H21BrN2O2/c1-11-14(4-3-5-15(11)17)16(21)19-8-6-13(7-9-19)10-18-12(2)20/h3-5,13H,6-10H2,1-2H3,(H,18,20). The van der Waals surface area contributed by atoms with Crippen LogP contribution >= 0.6 is 15.9 Å². The van der Waals surface area contributed by atoms with Gasteiger partial charge in [-0.2, -0.15) is 0 Å². The Morgan fingerprint density at radius 2 is 2.00 bits per heavy atom. The number of halogens is 1. The number of carbonyl (C=O) groups excluding carboxylic acids is 2. The van der Waals surface area contributed by atoms with Crippen LogP contribution in [0.4, 0.5) is 0 Å². The second-order valence-electron chi connectivity index (χ2n) is 5.59. The molecule has 4 nitrogen and oxygen atoms in total. The Bertz CT molecular complexity index is 537. The summed E-state index contributed by atoms with van der Waals surface area (Å²) in [6.45, 7) is 5.73. The fourth-order valence-electron chi connectivity index (χ4n) is 2.64. The molecule has 0 radical (unpaired) electrons. The van der Waals surface area contributed by atoms with Gasteiger partial charge in [-0.1, -0.05) is 22.0 Å². The van der Waals surface area contributed by atoms with Crippen LogP contribution in [0.25, 0.3) is 0 Å². The van der Waals surface area contributed by atoms with Gasteiger partial charge in [-0.25, -0.2) is 0 Å². The molecule has 5 heteroatoms. The third kappa shape index (κ3) is 4.06. The monoisotopic (exact) mass is 352 g/mol. The summed E-state index contributed by atoms with van der Waals surface area (Å²) >= 11 is 3.47. The summed E-state index contributed by atoms with van der Waals surface area (Å²) in [5.74, 6) is 0.589. The lowest BCUT2D eigenvalue weighted by atomic mass is 9.96. The number of likely N-dealkylation sites (tertiary alicyclic amines) is 1. The van der Waals surface area contributed by atoms with Gasteiger partial charge in [0.1, 0.15) is 0 Å². The van der Waals surface area contributed by atoms with Crippen LogP contribution in [-0.4, -0.2) is 36.3 Å². The van der Waals surface area contributed by atoms with Crippen molar-refractivity contribution in [3.05, 3.63) is 33.8 Å². The molecule has 1 aliphatic rings. The Kier molecular flexibility index (Phi) is 5.39. The molecule has 1 saturated heterocycles. The first kappa shape index (κ1) is 16.0. The van der Waals surface area contributed by atoms with Gasteiger partial charge in [0, 0.05) is 36.6 Å². The van der Waals surface area contributed by atoms with E-state index in [9.17, 15) is 9.59 Å². The minimum atomic E-state index is 0.0123. The SMILES string of the molecule is CC(=O)NCC1CCN(C(=O)c2cccc(Br)c2C)CC1. The van der Waals surface area contributed by atoms with Crippen LogP contribution < -0.4 is 5.32 Å². The smallest absolute Gasteiger partial charge is 0.254 e. The summed E-state index contributed by atoms with van der Waals surface area (Å²) in [6.07, 6.45) is 1.89. The zero-order chi connectivity index (χ0) is 15.4. The minimum Gasteiger partial charge on any atom is -0.356 e. The molecule has 0 unspecified atom stereocenters. The van der Waals surface area contributed by atoms with Crippen molar-refractivity contribution in [3.63, 3.8) is 0 Å². The lowest BCUT2D eigenvalue weighted by Gasteiger charge is -2.32. The molecule has 114 valence electrons. The van der Waals surface area contributed by atoms with Gasteiger partial charge in [0.05, 0.1) is 0 Å². The third-order valence-corrected chi connectivity index (χ3v) is 4.90. The molecule has 0 bridgehead atoms. The number of benzene rings is 1. The third-order valence-electron chi connectivity index (χ3n) is 4.04. The van der Waals surface area contributed by atoms with Crippen molar-refractivity contribution in [2.24, 2.45) is 5.92 Å². The Labute approximate surface area is 134 Å². The number of carbonyl (C=O) groups is 2. The van der Waals surface area contributed by atoms with Crippen LogP contribution in [-0.2, 0) is 4.79 Å². The van der Waals surface area contributed by atoms with Crippen LogP contribution in [0.1, 0.15) is 35.7 Å². The Balaban J connectivity index is 1.94. The summed E-state index contributed by atoms with van der Waals surface area (Å²) in [5.41, 5.74) is 1.76. The van der Waals surface area contributed by atoms with Crippen molar-refractivity contribution in [2.75, 3.05) is 19.6 Å². The molecule has 0 aromatic heterocycles. The predicted molar refractivity (Wildman–Crippen MR) is 86.2 cm³/mol. The van der Waals surface area contributed by atoms with Crippen molar-refractivity contribution < 1.29 is 9.59 Å². The first-order valence-corrected chi connectivity index (χ1v) is 8.07. The molecule has 21 heavy (non-hydrogen) atoms. The van der Waals surface area contributed by atoms with Gasteiger partial charge < -0.3 is 10.2 Å². The van der Waals surface area contributed by atoms with E-state index in [1.807, 2.05) is 30.0 Å². The molecule has 1 aliphatic heterocycles. The molecule has 0 spiro atoms. The summed E-state index contributed by atoms with van der Waals surface area (Å²) in [6, 6.07) is 5.73. The van der Waals surface area contributed by atoms with Gasteiger partial charge >= 0.3 is 0 Å². The molecular weight excluding hydrogens is 332 g/mol. The minimum absolute atomic E-state index is 0.0123. The number of piperidine rings is 1. The van der Waals surface area contributed by atoms with Crippen LogP contribution in [0.5, 0.6) is 0 Å². The molecule has 0 aliphatic carbocycles. The van der Waals surface area contributed by atoms with Crippen molar-refractivity contribution in [1.82, 2.24) is 10.2 Å². The second kappa shape index (κ2) is 7.07. The number of nitrogens with one attached hydrogen (secondary N) is 1. The molecular formula is C16H21BrN2O2. The molecule has 2 rings (SSSR count). The fourth-order valence-corrected chi connectivity index (χ4v) is 3.00. The number of rotatable bonds is 3. The zero-order valence-electron chi connectivity index (χ0n) is 12.5. The highest BCUT2D eigenvalue weighted by atomic mass is 79.9. The van der Waals surface area contributed by atoms with Crippen LogP contribution in [0.15, 0.2) is 22.7 Å². The molecule has 2 amide bonds. The summed E-state index contributed by atoms with van der Waals surface area (Å²) in [5, 5.41) is 2.86. The molecule has 1 aromatic carbocycles. The van der Waals surface area contributed by atoms with Crippen LogP contribution in [0.3, 0.4) is 0 Å². The van der Waals surface area contributed by atoms with E-state index in [2.05, 4.69) is 21.2 Å². The molecule has 1 N–H and O–H groups in total. The van der Waals surface area contributed by atoms with Gasteiger partial charge in [0.2, 0.25) is 5.91 Å². The highest BCUT2D eigenvalue weighted by Crippen LogP contribution is 2.23. The van der Waals surface area contributed by atoms with E-state index in [0.717, 1.165) is 41.5 Å². The molecule has 0 saturated carbocycles. The van der Waals surface area contributed by atoms with E-state index in [1.54, 1.807) is 0 Å². The van der Waals surface area contributed by atoms with Crippen LogP contribution in [0.2, 0.25) is 0 Å². The largest absolute Gasteiger partial charge is 0.356 e. The van der Waals surface area contributed by atoms with Gasteiger partial charge in [-0.3, -0.25) is 9.59 Å². The van der Waals surface area contributed by atoms with Gasteiger partial charge in [0.25, 0.3) is 5.91 Å². The van der Waals surface area contributed by atoms with Crippen molar-refractivity contribution >= 4 is 27.7 Å². The molecule has 1 fully saturated rings. The Morgan fingerprint density at radius 3 is 2.62 bits per heavy atom. The molecule has 1 heterocycles. The maximum Gasteiger partial charge on any atom is 0.254 e. The number of amides is 2.